The predicted octanol–water partition coefficient (Wildman–Crippen LogP) is -0.653. The summed E-state index contributed by atoms with van der Waals surface area (Å²) in [7, 11) is 0. The van der Waals surface area contributed by atoms with E-state index in [1.54, 1.807) is 0 Å². The Hall–Kier alpha value is -0.610. The average molecular weight is 146 g/mol. The molecule has 0 radical (unpaired) electrons. The van der Waals surface area contributed by atoms with E-state index in [2.05, 4.69) is 0 Å². The van der Waals surface area contributed by atoms with Gasteiger partial charge in [-0.3, -0.25) is 0 Å². The third kappa shape index (κ3) is 1.12. The SMILES string of the molecule is O=C(O)C1(O)CCC(O)C1. The molecular formula is C6H10O4. The van der Waals surface area contributed by atoms with Gasteiger partial charge in [-0.05, 0) is 12.8 Å². The van der Waals surface area contributed by atoms with Crippen LogP contribution in [0.3, 0.4) is 0 Å². The number of hydrogen-bond acceptors (Lipinski definition) is 3. The van der Waals surface area contributed by atoms with E-state index in [0.717, 1.165) is 0 Å². The summed E-state index contributed by atoms with van der Waals surface area (Å²) in [6, 6.07) is 0. The van der Waals surface area contributed by atoms with Crippen LogP contribution in [0.15, 0.2) is 0 Å². The largest absolute Gasteiger partial charge is 0.479 e. The van der Waals surface area contributed by atoms with Crippen LogP contribution in [0.25, 0.3) is 0 Å². The summed E-state index contributed by atoms with van der Waals surface area (Å²) in [4.78, 5) is 10.3. The molecule has 4 heteroatoms. The first-order valence-corrected chi connectivity index (χ1v) is 3.18. The molecule has 0 saturated heterocycles. The Morgan fingerprint density at radius 3 is 2.40 bits per heavy atom. The van der Waals surface area contributed by atoms with Gasteiger partial charge in [-0.2, -0.15) is 0 Å². The lowest BCUT2D eigenvalue weighted by atomic mass is 10.0. The Bertz CT molecular complexity index is 156. The van der Waals surface area contributed by atoms with Crippen LogP contribution in [0, 0.1) is 0 Å². The highest BCUT2D eigenvalue weighted by atomic mass is 16.4. The second-order valence-electron chi connectivity index (χ2n) is 2.73. The van der Waals surface area contributed by atoms with Gasteiger partial charge in [0.15, 0.2) is 5.60 Å². The molecule has 1 rings (SSSR count). The van der Waals surface area contributed by atoms with Gasteiger partial charge in [-0.25, -0.2) is 4.79 Å². The molecule has 4 nitrogen and oxygen atoms in total. The fourth-order valence-corrected chi connectivity index (χ4v) is 1.19. The number of carboxylic acid groups (broad SMARTS) is 1. The fraction of sp³-hybridized carbons (Fsp3) is 0.833. The summed E-state index contributed by atoms with van der Waals surface area (Å²) in [5, 5.41) is 26.5. The normalized spacial score (nSPS) is 40.0. The van der Waals surface area contributed by atoms with Crippen molar-refractivity contribution in [3.8, 4) is 0 Å². The van der Waals surface area contributed by atoms with Crippen molar-refractivity contribution in [3.05, 3.63) is 0 Å². The minimum Gasteiger partial charge on any atom is -0.479 e. The van der Waals surface area contributed by atoms with Gasteiger partial charge in [-0.15, -0.1) is 0 Å². The van der Waals surface area contributed by atoms with E-state index in [9.17, 15) is 9.90 Å². The third-order valence-corrected chi connectivity index (χ3v) is 1.86. The number of rotatable bonds is 1. The predicted molar refractivity (Wildman–Crippen MR) is 32.4 cm³/mol. The summed E-state index contributed by atoms with van der Waals surface area (Å²) >= 11 is 0. The van der Waals surface area contributed by atoms with Gasteiger partial charge < -0.3 is 15.3 Å². The second kappa shape index (κ2) is 2.21. The molecule has 10 heavy (non-hydrogen) atoms. The Labute approximate surface area is 58.1 Å². The van der Waals surface area contributed by atoms with E-state index in [0.29, 0.717) is 6.42 Å². The standard InChI is InChI=1S/C6H10O4/c7-4-1-2-6(10,3-4)5(8)9/h4,7,10H,1-3H2,(H,8,9). The van der Waals surface area contributed by atoms with E-state index < -0.39 is 17.7 Å². The molecule has 0 aromatic carbocycles. The van der Waals surface area contributed by atoms with Gasteiger partial charge in [0.2, 0.25) is 0 Å². The molecule has 0 aliphatic heterocycles. The number of carboxylic acids is 1. The molecule has 1 aliphatic carbocycles. The summed E-state index contributed by atoms with van der Waals surface area (Å²) in [5.74, 6) is -1.23. The van der Waals surface area contributed by atoms with E-state index in [-0.39, 0.29) is 12.8 Å². The summed E-state index contributed by atoms with van der Waals surface area (Å²) in [5.41, 5.74) is -1.67. The van der Waals surface area contributed by atoms with Gasteiger partial charge in [0.1, 0.15) is 0 Å². The van der Waals surface area contributed by atoms with Gasteiger partial charge in [0.05, 0.1) is 6.10 Å². The Kier molecular flexibility index (Phi) is 1.66. The van der Waals surface area contributed by atoms with Crippen LogP contribution in [0.1, 0.15) is 19.3 Å². The smallest absolute Gasteiger partial charge is 0.335 e. The van der Waals surface area contributed by atoms with Crippen LogP contribution >= 0.6 is 0 Å². The zero-order valence-corrected chi connectivity index (χ0v) is 5.45. The van der Waals surface area contributed by atoms with Crippen LogP contribution < -0.4 is 0 Å². The molecular weight excluding hydrogens is 136 g/mol. The molecule has 2 unspecified atom stereocenters. The lowest BCUT2D eigenvalue weighted by Gasteiger charge is -2.14. The average Bonchev–Trinajstić information content (AvgIpc) is 2.13. The zero-order valence-electron chi connectivity index (χ0n) is 5.45. The number of aliphatic hydroxyl groups is 2. The Morgan fingerprint density at radius 2 is 2.20 bits per heavy atom. The molecule has 0 amide bonds. The minimum atomic E-state index is -1.67. The zero-order chi connectivity index (χ0) is 7.78. The molecule has 1 fully saturated rings. The van der Waals surface area contributed by atoms with Crippen molar-refractivity contribution in [1.82, 2.24) is 0 Å². The molecule has 0 heterocycles. The highest BCUT2D eigenvalue weighted by Crippen LogP contribution is 2.29. The Balaban J connectivity index is 2.63. The number of aliphatic hydroxyl groups excluding tert-OH is 1. The van der Waals surface area contributed by atoms with Crippen LogP contribution in [-0.4, -0.2) is 33.0 Å². The minimum absolute atomic E-state index is 0.0394. The molecule has 0 aromatic heterocycles. The van der Waals surface area contributed by atoms with E-state index in [1.165, 1.54) is 0 Å². The number of hydrogen-bond donors (Lipinski definition) is 3. The van der Waals surface area contributed by atoms with Crippen LogP contribution in [0.4, 0.5) is 0 Å². The van der Waals surface area contributed by atoms with Crippen molar-refractivity contribution >= 4 is 5.97 Å². The first kappa shape index (κ1) is 7.50. The van der Waals surface area contributed by atoms with Crippen molar-refractivity contribution in [2.75, 3.05) is 0 Å². The lowest BCUT2D eigenvalue weighted by Crippen LogP contribution is -2.35. The summed E-state index contributed by atoms with van der Waals surface area (Å²) < 4.78 is 0. The second-order valence-corrected chi connectivity index (χ2v) is 2.73. The molecule has 1 saturated carbocycles. The van der Waals surface area contributed by atoms with Crippen LogP contribution in [0.5, 0.6) is 0 Å². The van der Waals surface area contributed by atoms with Gasteiger partial charge in [-0.1, -0.05) is 0 Å². The van der Waals surface area contributed by atoms with Crippen molar-refractivity contribution in [2.45, 2.75) is 31.0 Å². The van der Waals surface area contributed by atoms with Gasteiger partial charge >= 0.3 is 5.97 Å². The van der Waals surface area contributed by atoms with Gasteiger partial charge in [0.25, 0.3) is 0 Å². The van der Waals surface area contributed by atoms with Crippen molar-refractivity contribution in [3.63, 3.8) is 0 Å². The first-order chi connectivity index (χ1) is 4.54. The number of carbonyl (C=O) groups is 1. The van der Waals surface area contributed by atoms with Crippen LogP contribution in [0.2, 0.25) is 0 Å². The maximum atomic E-state index is 10.3. The maximum Gasteiger partial charge on any atom is 0.335 e. The van der Waals surface area contributed by atoms with E-state index in [1.807, 2.05) is 0 Å². The molecule has 0 aromatic rings. The number of aliphatic carboxylic acids is 1. The van der Waals surface area contributed by atoms with Gasteiger partial charge in [0, 0.05) is 6.42 Å². The quantitative estimate of drug-likeness (QED) is 0.459. The third-order valence-electron chi connectivity index (χ3n) is 1.86. The summed E-state index contributed by atoms with van der Waals surface area (Å²) in [6.45, 7) is 0. The topological polar surface area (TPSA) is 77.8 Å². The van der Waals surface area contributed by atoms with Crippen molar-refractivity contribution in [2.24, 2.45) is 0 Å². The molecule has 1 aliphatic rings. The highest BCUT2D eigenvalue weighted by Gasteiger charge is 2.43. The maximum absolute atomic E-state index is 10.3. The fourth-order valence-electron chi connectivity index (χ4n) is 1.19. The highest BCUT2D eigenvalue weighted by molar-refractivity contribution is 5.77. The molecule has 0 spiro atoms. The molecule has 58 valence electrons. The van der Waals surface area contributed by atoms with E-state index >= 15 is 0 Å². The lowest BCUT2D eigenvalue weighted by molar-refractivity contribution is -0.158. The van der Waals surface area contributed by atoms with Crippen molar-refractivity contribution < 1.29 is 20.1 Å². The molecule has 3 N–H and O–H groups in total. The first-order valence-electron chi connectivity index (χ1n) is 3.18. The molecule has 0 bridgehead atoms. The van der Waals surface area contributed by atoms with Crippen molar-refractivity contribution in [1.29, 1.82) is 0 Å². The van der Waals surface area contributed by atoms with E-state index in [4.69, 9.17) is 10.2 Å². The van der Waals surface area contributed by atoms with Crippen LogP contribution in [-0.2, 0) is 4.79 Å². The monoisotopic (exact) mass is 146 g/mol. The molecule has 2 atom stereocenters. The Morgan fingerprint density at radius 1 is 1.60 bits per heavy atom. The summed E-state index contributed by atoms with van der Waals surface area (Å²) in [6.07, 6.45) is -0.157.